The third-order valence-electron chi connectivity index (χ3n) is 3.87. The fourth-order valence-electron chi connectivity index (χ4n) is 3.07. The Morgan fingerprint density at radius 1 is 1.31 bits per heavy atom. The van der Waals surface area contributed by atoms with Crippen LogP contribution in [0.1, 0.15) is 25.0 Å². The maximum atomic E-state index is 4.39. The summed E-state index contributed by atoms with van der Waals surface area (Å²) < 4.78 is 4.53. The topological polar surface area (TPSA) is 21.1 Å². The van der Waals surface area contributed by atoms with Crippen molar-refractivity contribution in [3.63, 3.8) is 0 Å². The van der Waals surface area contributed by atoms with E-state index in [-0.39, 0.29) is 0 Å². The maximum Gasteiger partial charge on any atom is 0.109 e. The van der Waals surface area contributed by atoms with Gasteiger partial charge in [-0.05, 0) is 49.6 Å². The minimum atomic E-state index is 0.974. The molecule has 2 unspecified atom stereocenters. The van der Waals surface area contributed by atoms with Gasteiger partial charge in [-0.1, -0.05) is 6.42 Å². The molecule has 0 radical (unpaired) electrons. The van der Waals surface area contributed by atoms with E-state index in [4.69, 9.17) is 0 Å². The van der Waals surface area contributed by atoms with Gasteiger partial charge in [0.15, 0.2) is 0 Å². The predicted octanol–water partition coefficient (Wildman–Crippen LogP) is 2.47. The Kier molecular flexibility index (Phi) is 2.72. The quantitative estimate of drug-likeness (QED) is 0.737. The van der Waals surface area contributed by atoms with Crippen LogP contribution >= 0.6 is 11.9 Å². The third kappa shape index (κ3) is 1.89. The average Bonchev–Trinajstić information content (AvgIpc) is 2.82. The van der Waals surface area contributed by atoms with Gasteiger partial charge in [0.2, 0.25) is 0 Å². The van der Waals surface area contributed by atoms with Gasteiger partial charge in [-0.3, -0.25) is 4.68 Å². The molecule has 1 aliphatic heterocycles. The number of hydrogen-bond acceptors (Lipinski definition) is 3. The van der Waals surface area contributed by atoms with E-state index < -0.39 is 0 Å². The zero-order valence-corrected chi connectivity index (χ0v) is 10.8. The van der Waals surface area contributed by atoms with Gasteiger partial charge >= 0.3 is 0 Å². The summed E-state index contributed by atoms with van der Waals surface area (Å²) >= 11 is 1.89. The largest absolute Gasteiger partial charge is 0.261 e. The highest BCUT2D eigenvalue weighted by Crippen LogP contribution is 2.41. The van der Waals surface area contributed by atoms with Crippen LogP contribution in [-0.4, -0.2) is 27.2 Å². The summed E-state index contributed by atoms with van der Waals surface area (Å²) in [4.78, 5) is 0. The fraction of sp³-hybridized carbons (Fsp3) is 0.750. The van der Waals surface area contributed by atoms with Gasteiger partial charge in [-0.25, -0.2) is 4.31 Å². The minimum Gasteiger partial charge on any atom is -0.261 e. The first-order chi connectivity index (χ1) is 7.72. The molecule has 2 heterocycles. The van der Waals surface area contributed by atoms with Crippen molar-refractivity contribution in [2.45, 2.75) is 31.2 Å². The van der Waals surface area contributed by atoms with Crippen LogP contribution in [0.2, 0.25) is 0 Å². The summed E-state index contributed by atoms with van der Waals surface area (Å²) in [5.41, 5.74) is 1.12. The van der Waals surface area contributed by atoms with E-state index in [0.717, 1.165) is 17.5 Å². The SMILES string of the molecule is Cc1cc(SN2CC3CCCC3C2)n(C)n1. The van der Waals surface area contributed by atoms with E-state index in [2.05, 4.69) is 22.4 Å². The van der Waals surface area contributed by atoms with Crippen LogP contribution < -0.4 is 0 Å². The van der Waals surface area contributed by atoms with Crippen molar-refractivity contribution < 1.29 is 0 Å². The van der Waals surface area contributed by atoms with Crippen LogP contribution in [0, 0.1) is 18.8 Å². The Labute approximate surface area is 101 Å². The molecular weight excluding hydrogens is 218 g/mol. The molecule has 16 heavy (non-hydrogen) atoms. The van der Waals surface area contributed by atoms with Crippen LogP contribution in [0.5, 0.6) is 0 Å². The Morgan fingerprint density at radius 2 is 2.00 bits per heavy atom. The molecule has 0 bridgehead atoms. The Balaban J connectivity index is 1.66. The highest BCUT2D eigenvalue weighted by atomic mass is 32.2. The van der Waals surface area contributed by atoms with Gasteiger partial charge in [-0.15, -0.1) is 0 Å². The van der Waals surface area contributed by atoms with Gasteiger partial charge in [0.05, 0.1) is 5.69 Å². The molecule has 0 N–H and O–H groups in total. The number of nitrogens with zero attached hydrogens (tertiary/aromatic N) is 3. The van der Waals surface area contributed by atoms with Crippen LogP contribution in [0.4, 0.5) is 0 Å². The molecule has 0 aromatic carbocycles. The van der Waals surface area contributed by atoms with Crippen LogP contribution in [0.3, 0.4) is 0 Å². The molecule has 2 aliphatic rings. The summed E-state index contributed by atoms with van der Waals surface area (Å²) in [5, 5.41) is 5.67. The van der Waals surface area contributed by atoms with E-state index in [1.54, 1.807) is 0 Å². The zero-order chi connectivity index (χ0) is 11.1. The molecule has 1 saturated heterocycles. The molecule has 0 amide bonds. The summed E-state index contributed by atoms with van der Waals surface area (Å²) in [7, 11) is 2.03. The molecular formula is C12H19N3S. The van der Waals surface area contributed by atoms with Crippen molar-refractivity contribution >= 4 is 11.9 Å². The lowest BCUT2D eigenvalue weighted by atomic mass is 10.0. The predicted molar refractivity (Wildman–Crippen MR) is 66.2 cm³/mol. The number of fused-ring (bicyclic) bond motifs is 1. The van der Waals surface area contributed by atoms with E-state index in [1.165, 1.54) is 37.4 Å². The lowest BCUT2D eigenvalue weighted by molar-refractivity contribution is 0.494. The molecule has 1 saturated carbocycles. The van der Waals surface area contributed by atoms with Crippen molar-refractivity contribution in [1.29, 1.82) is 0 Å². The molecule has 1 aromatic heterocycles. The number of rotatable bonds is 2. The number of hydrogen-bond donors (Lipinski definition) is 0. The van der Waals surface area contributed by atoms with E-state index in [9.17, 15) is 0 Å². The molecule has 3 rings (SSSR count). The lowest BCUT2D eigenvalue weighted by Gasteiger charge is -2.14. The van der Waals surface area contributed by atoms with Crippen LogP contribution in [0.15, 0.2) is 11.1 Å². The molecule has 2 fully saturated rings. The fourth-order valence-corrected chi connectivity index (χ4v) is 4.25. The highest BCUT2D eigenvalue weighted by Gasteiger charge is 2.36. The van der Waals surface area contributed by atoms with Crippen molar-refractivity contribution in [1.82, 2.24) is 14.1 Å². The Hall–Kier alpha value is -0.480. The number of aromatic nitrogens is 2. The average molecular weight is 237 g/mol. The first-order valence-corrected chi connectivity index (χ1v) is 6.93. The summed E-state index contributed by atoms with van der Waals surface area (Å²) in [6, 6.07) is 2.18. The first-order valence-electron chi connectivity index (χ1n) is 6.16. The van der Waals surface area contributed by atoms with Crippen LogP contribution in [-0.2, 0) is 7.05 Å². The Bertz CT molecular complexity index is 376. The molecule has 0 spiro atoms. The van der Waals surface area contributed by atoms with Gasteiger partial charge in [0.25, 0.3) is 0 Å². The zero-order valence-electron chi connectivity index (χ0n) is 10.0. The monoisotopic (exact) mass is 237 g/mol. The smallest absolute Gasteiger partial charge is 0.109 e. The molecule has 2 atom stereocenters. The molecule has 88 valence electrons. The first kappa shape index (κ1) is 10.7. The summed E-state index contributed by atoms with van der Waals surface area (Å²) in [6.07, 6.45) is 4.36. The second-order valence-electron chi connectivity index (χ2n) is 5.14. The highest BCUT2D eigenvalue weighted by molar-refractivity contribution is 7.97. The molecule has 4 heteroatoms. The lowest BCUT2D eigenvalue weighted by Crippen LogP contribution is -2.13. The maximum absolute atomic E-state index is 4.39. The van der Waals surface area contributed by atoms with Crippen LogP contribution in [0.25, 0.3) is 0 Å². The third-order valence-corrected chi connectivity index (χ3v) is 5.00. The summed E-state index contributed by atoms with van der Waals surface area (Å²) in [6.45, 7) is 4.61. The van der Waals surface area contributed by atoms with Crippen molar-refractivity contribution in [3.8, 4) is 0 Å². The van der Waals surface area contributed by atoms with E-state index >= 15 is 0 Å². The number of aryl methyl sites for hydroxylation is 2. The van der Waals surface area contributed by atoms with Crippen molar-refractivity contribution in [2.24, 2.45) is 18.9 Å². The standard InChI is InChI=1S/C12H19N3S/c1-9-6-12(14(2)13-9)16-15-7-10-4-3-5-11(10)8-15/h6,10-11H,3-5,7-8H2,1-2H3. The summed E-state index contributed by atoms with van der Waals surface area (Å²) in [5.74, 6) is 1.95. The molecule has 1 aliphatic carbocycles. The molecule has 3 nitrogen and oxygen atoms in total. The van der Waals surface area contributed by atoms with Crippen molar-refractivity contribution in [2.75, 3.05) is 13.1 Å². The normalized spacial score (nSPS) is 29.9. The minimum absolute atomic E-state index is 0.974. The van der Waals surface area contributed by atoms with Gasteiger partial charge in [0, 0.05) is 20.1 Å². The second-order valence-corrected chi connectivity index (χ2v) is 6.25. The van der Waals surface area contributed by atoms with E-state index in [1.807, 2.05) is 23.7 Å². The molecule has 1 aromatic rings. The van der Waals surface area contributed by atoms with E-state index in [0.29, 0.717) is 0 Å². The van der Waals surface area contributed by atoms with Gasteiger partial charge in [0.1, 0.15) is 5.03 Å². The van der Waals surface area contributed by atoms with Gasteiger partial charge in [-0.2, -0.15) is 5.10 Å². The van der Waals surface area contributed by atoms with Gasteiger partial charge < -0.3 is 0 Å². The second kappa shape index (κ2) is 4.08. The Morgan fingerprint density at radius 3 is 2.56 bits per heavy atom. The van der Waals surface area contributed by atoms with Crippen molar-refractivity contribution in [3.05, 3.63) is 11.8 Å².